The maximum Gasteiger partial charge on any atom is 0.253 e. The van der Waals surface area contributed by atoms with Gasteiger partial charge in [0.1, 0.15) is 5.52 Å². The Morgan fingerprint density at radius 2 is 1.83 bits per heavy atom. The second kappa shape index (κ2) is 7.82. The minimum absolute atomic E-state index is 0.0618. The number of halogens is 1. The fraction of sp³-hybridized carbons (Fsp3) is 0.417. The highest BCUT2D eigenvalue weighted by Crippen LogP contribution is 2.36. The topological polar surface area (TPSA) is 58.4 Å². The van der Waals surface area contributed by atoms with E-state index in [4.69, 9.17) is 4.42 Å². The molecule has 1 N–H and O–H groups in total. The van der Waals surface area contributed by atoms with Gasteiger partial charge in [0.15, 0.2) is 5.58 Å². The summed E-state index contributed by atoms with van der Waals surface area (Å²) in [5.41, 5.74) is 2.69. The maximum atomic E-state index is 13.2. The third kappa shape index (κ3) is 3.56. The van der Waals surface area contributed by atoms with E-state index in [1.165, 1.54) is 12.8 Å². The number of carbonyl (C=O) groups excluding carboxylic acids is 1. The van der Waals surface area contributed by atoms with Crippen molar-refractivity contribution in [3.05, 3.63) is 52.5 Å². The van der Waals surface area contributed by atoms with E-state index in [-0.39, 0.29) is 11.9 Å². The van der Waals surface area contributed by atoms with Gasteiger partial charge in [-0.05, 0) is 78.8 Å². The van der Waals surface area contributed by atoms with E-state index in [9.17, 15) is 4.79 Å². The van der Waals surface area contributed by atoms with Crippen LogP contribution in [-0.2, 0) is 0 Å². The first-order chi connectivity index (χ1) is 14.5. The number of amides is 1. The van der Waals surface area contributed by atoms with Gasteiger partial charge >= 0.3 is 0 Å². The van der Waals surface area contributed by atoms with E-state index in [0.29, 0.717) is 34.6 Å². The van der Waals surface area contributed by atoms with Crippen LogP contribution in [0.15, 0.2) is 51.4 Å². The number of nitrogens with zero attached hydrogens (tertiary/aromatic N) is 2. The Morgan fingerprint density at radius 1 is 1.10 bits per heavy atom. The third-order valence-corrected chi connectivity index (χ3v) is 7.41. The number of fused-ring (bicyclic) bond motifs is 3. The second-order valence-corrected chi connectivity index (χ2v) is 9.70. The molecule has 0 spiro atoms. The van der Waals surface area contributed by atoms with Crippen molar-refractivity contribution in [1.29, 1.82) is 0 Å². The number of rotatable bonds is 3. The SMILES string of the molecule is CC1CC2CC(NC(=O)c3cccc4oc(-c5ccccc5Br)nc34)CC(C1)N2C. The number of piperidine rings is 2. The number of aromatic nitrogens is 1. The van der Waals surface area contributed by atoms with E-state index in [1.807, 2.05) is 42.5 Å². The van der Waals surface area contributed by atoms with Gasteiger partial charge < -0.3 is 14.6 Å². The lowest BCUT2D eigenvalue weighted by atomic mass is 9.77. The molecule has 1 amide bonds. The van der Waals surface area contributed by atoms with Crippen molar-refractivity contribution in [2.24, 2.45) is 5.92 Å². The van der Waals surface area contributed by atoms with Gasteiger partial charge in [0.05, 0.1) is 11.1 Å². The largest absolute Gasteiger partial charge is 0.436 e. The number of oxazole rings is 1. The minimum atomic E-state index is -0.0618. The molecule has 156 valence electrons. The molecule has 2 aliphatic rings. The molecule has 1 aromatic heterocycles. The van der Waals surface area contributed by atoms with Gasteiger partial charge in [0.2, 0.25) is 5.89 Å². The van der Waals surface area contributed by atoms with E-state index < -0.39 is 0 Å². The Bertz CT molecular complexity index is 1080. The number of para-hydroxylation sites is 1. The zero-order valence-electron chi connectivity index (χ0n) is 17.3. The number of benzene rings is 2. The van der Waals surface area contributed by atoms with E-state index >= 15 is 0 Å². The van der Waals surface area contributed by atoms with Crippen LogP contribution in [0.1, 0.15) is 43.0 Å². The van der Waals surface area contributed by atoms with Crippen molar-refractivity contribution in [2.45, 2.75) is 50.7 Å². The summed E-state index contributed by atoms with van der Waals surface area (Å²) in [6, 6.07) is 14.7. The lowest BCUT2D eigenvalue weighted by molar-refractivity contribution is 0.0252. The summed E-state index contributed by atoms with van der Waals surface area (Å²) in [7, 11) is 2.23. The summed E-state index contributed by atoms with van der Waals surface area (Å²) in [4.78, 5) is 20.4. The van der Waals surface area contributed by atoms with Crippen molar-refractivity contribution in [3.8, 4) is 11.5 Å². The molecular weight excluding hydrogens is 442 g/mol. The fourth-order valence-corrected chi connectivity index (χ4v) is 5.65. The van der Waals surface area contributed by atoms with Crippen LogP contribution in [0.4, 0.5) is 0 Å². The van der Waals surface area contributed by atoms with Crippen molar-refractivity contribution in [1.82, 2.24) is 15.2 Å². The molecular formula is C24H26BrN3O2. The van der Waals surface area contributed by atoms with Gasteiger partial charge in [-0.2, -0.15) is 0 Å². The summed E-state index contributed by atoms with van der Waals surface area (Å²) in [5.74, 6) is 1.22. The third-order valence-electron chi connectivity index (χ3n) is 6.72. The van der Waals surface area contributed by atoms with E-state index in [1.54, 1.807) is 0 Å². The van der Waals surface area contributed by atoms with Gasteiger partial charge in [-0.1, -0.05) is 25.1 Å². The van der Waals surface area contributed by atoms with E-state index in [0.717, 1.165) is 28.8 Å². The molecule has 0 aliphatic carbocycles. The van der Waals surface area contributed by atoms with Crippen molar-refractivity contribution in [3.63, 3.8) is 0 Å². The van der Waals surface area contributed by atoms with Crippen LogP contribution in [0.2, 0.25) is 0 Å². The van der Waals surface area contributed by atoms with Crippen LogP contribution >= 0.6 is 15.9 Å². The Kier molecular flexibility index (Phi) is 5.15. The van der Waals surface area contributed by atoms with Crippen LogP contribution in [0.25, 0.3) is 22.6 Å². The molecule has 5 nitrogen and oxygen atoms in total. The number of hydrogen-bond donors (Lipinski definition) is 1. The molecule has 0 radical (unpaired) electrons. The minimum Gasteiger partial charge on any atom is -0.436 e. The molecule has 6 heteroatoms. The van der Waals surface area contributed by atoms with Gasteiger partial charge in [-0.15, -0.1) is 0 Å². The highest BCUT2D eigenvalue weighted by atomic mass is 79.9. The number of nitrogens with one attached hydrogen (secondary N) is 1. The van der Waals surface area contributed by atoms with Gasteiger partial charge in [-0.3, -0.25) is 4.79 Å². The number of carbonyl (C=O) groups is 1. The molecule has 2 bridgehead atoms. The average molecular weight is 468 g/mol. The van der Waals surface area contributed by atoms with Gasteiger partial charge in [0, 0.05) is 22.6 Å². The van der Waals surface area contributed by atoms with Crippen LogP contribution in [0.5, 0.6) is 0 Å². The lowest BCUT2D eigenvalue weighted by Crippen LogP contribution is -2.56. The zero-order valence-corrected chi connectivity index (χ0v) is 18.9. The Balaban J connectivity index is 1.40. The standard InChI is InChI=1S/C24H26BrN3O2/c1-14-10-16-12-15(13-17(11-14)28(16)2)26-23(29)19-7-5-9-21-22(19)27-24(30-21)18-6-3-4-8-20(18)25/h3-9,14-17H,10-13H2,1-2H3,(H,26,29). The Morgan fingerprint density at radius 3 is 2.57 bits per heavy atom. The summed E-state index contributed by atoms with van der Waals surface area (Å²) in [5, 5.41) is 3.30. The van der Waals surface area contributed by atoms with Crippen molar-refractivity contribution in [2.75, 3.05) is 7.05 Å². The summed E-state index contributed by atoms with van der Waals surface area (Å²) in [6.07, 6.45) is 4.46. The molecule has 30 heavy (non-hydrogen) atoms. The monoisotopic (exact) mass is 467 g/mol. The molecule has 2 aliphatic heterocycles. The Hall–Kier alpha value is -2.18. The smallest absolute Gasteiger partial charge is 0.253 e. The summed E-state index contributed by atoms with van der Waals surface area (Å²) in [6.45, 7) is 2.35. The first-order valence-electron chi connectivity index (χ1n) is 10.7. The average Bonchev–Trinajstić information content (AvgIpc) is 3.14. The molecule has 2 atom stereocenters. The molecule has 3 aromatic rings. The molecule has 2 fully saturated rings. The predicted octanol–water partition coefficient (Wildman–Crippen LogP) is 5.25. The highest BCUT2D eigenvalue weighted by Gasteiger charge is 2.39. The van der Waals surface area contributed by atoms with Gasteiger partial charge in [-0.25, -0.2) is 4.98 Å². The predicted molar refractivity (Wildman–Crippen MR) is 121 cm³/mol. The normalized spacial score (nSPS) is 26.6. The first-order valence-corrected chi connectivity index (χ1v) is 11.5. The van der Waals surface area contributed by atoms with Crippen LogP contribution in [0.3, 0.4) is 0 Å². The van der Waals surface area contributed by atoms with Crippen molar-refractivity contribution >= 4 is 32.9 Å². The molecule has 3 heterocycles. The summed E-state index contributed by atoms with van der Waals surface area (Å²) >= 11 is 3.55. The highest BCUT2D eigenvalue weighted by molar-refractivity contribution is 9.10. The lowest BCUT2D eigenvalue weighted by Gasteiger charge is -2.49. The van der Waals surface area contributed by atoms with E-state index in [2.05, 4.69) is 45.1 Å². The van der Waals surface area contributed by atoms with Crippen LogP contribution in [0, 0.1) is 5.92 Å². The summed E-state index contributed by atoms with van der Waals surface area (Å²) < 4.78 is 6.89. The second-order valence-electron chi connectivity index (χ2n) is 8.84. The molecule has 5 rings (SSSR count). The molecule has 2 unspecified atom stereocenters. The molecule has 2 saturated heterocycles. The number of hydrogen-bond acceptors (Lipinski definition) is 4. The van der Waals surface area contributed by atoms with Crippen LogP contribution < -0.4 is 5.32 Å². The quantitative estimate of drug-likeness (QED) is 0.571. The fourth-order valence-electron chi connectivity index (χ4n) is 5.20. The first kappa shape index (κ1) is 19.8. The van der Waals surface area contributed by atoms with Crippen LogP contribution in [-0.4, -0.2) is 41.0 Å². The molecule has 2 aromatic carbocycles. The maximum absolute atomic E-state index is 13.2. The van der Waals surface area contributed by atoms with Gasteiger partial charge in [0.25, 0.3) is 5.91 Å². The molecule has 0 saturated carbocycles. The zero-order chi connectivity index (χ0) is 20.8. The Labute approximate surface area is 185 Å². The van der Waals surface area contributed by atoms with Crippen molar-refractivity contribution < 1.29 is 9.21 Å².